The fourth-order valence-corrected chi connectivity index (χ4v) is 2.31. The summed E-state index contributed by atoms with van der Waals surface area (Å²) in [6.45, 7) is 3.12. The van der Waals surface area contributed by atoms with Gasteiger partial charge in [-0.2, -0.15) is 0 Å². The molecule has 0 radical (unpaired) electrons. The van der Waals surface area contributed by atoms with Gasteiger partial charge in [0, 0.05) is 16.5 Å². The third-order valence-electron chi connectivity index (χ3n) is 3.57. The summed E-state index contributed by atoms with van der Waals surface area (Å²) in [5.41, 5.74) is 1.07. The molecule has 1 aromatic heterocycles. The van der Waals surface area contributed by atoms with Gasteiger partial charge in [-0.25, -0.2) is 9.18 Å². The maximum Gasteiger partial charge on any atom is 0.379 e. The summed E-state index contributed by atoms with van der Waals surface area (Å²) < 4.78 is 24.3. The number of fused-ring (bicyclic) bond motifs is 1. The molecule has 5 heteroatoms. The maximum atomic E-state index is 13.7. The summed E-state index contributed by atoms with van der Waals surface area (Å²) in [6, 6.07) is 10.7. The topological polar surface area (TPSA) is 56.5 Å². The van der Waals surface area contributed by atoms with Crippen LogP contribution in [0.2, 0.25) is 0 Å². The Hall–Kier alpha value is -2.95. The third kappa shape index (κ3) is 2.73. The highest BCUT2D eigenvalue weighted by molar-refractivity contribution is 5.97. The molecule has 0 saturated carbocycles. The molecule has 0 aliphatic rings. The number of furan rings is 1. The van der Waals surface area contributed by atoms with E-state index in [1.165, 1.54) is 25.1 Å². The van der Waals surface area contributed by atoms with Crippen molar-refractivity contribution >= 4 is 22.7 Å². The van der Waals surface area contributed by atoms with Crippen LogP contribution in [0.3, 0.4) is 0 Å². The Morgan fingerprint density at radius 1 is 1.09 bits per heavy atom. The minimum absolute atomic E-state index is 0.0314. The summed E-state index contributed by atoms with van der Waals surface area (Å²) in [5.74, 6) is -1.09. The molecule has 0 unspecified atom stereocenters. The Balaban J connectivity index is 1.90. The SMILES string of the molecule is CC(=O)c1ccc(OC(=O)c2oc3c(F)cccc3c2C)cc1. The first-order chi connectivity index (χ1) is 11.0. The lowest BCUT2D eigenvalue weighted by Gasteiger charge is -2.03. The minimum atomic E-state index is -0.714. The fraction of sp³-hybridized carbons (Fsp3) is 0.111. The molecule has 23 heavy (non-hydrogen) atoms. The van der Waals surface area contributed by atoms with E-state index in [0.717, 1.165) is 0 Å². The van der Waals surface area contributed by atoms with Crippen molar-refractivity contribution in [2.75, 3.05) is 0 Å². The van der Waals surface area contributed by atoms with E-state index in [2.05, 4.69) is 0 Å². The second-order valence-electron chi connectivity index (χ2n) is 5.14. The zero-order chi connectivity index (χ0) is 16.6. The summed E-state index contributed by atoms with van der Waals surface area (Å²) in [5, 5.41) is 0.531. The molecule has 1 heterocycles. The Labute approximate surface area is 131 Å². The summed E-state index contributed by atoms with van der Waals surface area (Å²) >= 11 is 0. The van der Waals surface area contributed by atoms with Gasteiger partial charge in [0.25, 0.3) is 0 Å². The first kappa shape index (κ1) is 15.0. The van der Waals surface area contributed by atoms with Crippen molar-refractivity contribution in [2.45, 2.75) is 13.8 Å². The van der Waals surface area contributed by atoms with Crippen molar-refractivity contribution in [3.05, 3.63) is 65.2 Å². The van der Waals surface area contributed by atoms with Crippen LogP contribution in [0.25, 0.3) is 11.0 Å². The quantitative estimate of drug-likeness (QED) is 0.411. The Morgan fingerprint density at radius 3 is 2.39 bits per heavy atom. The molecule has 0 atom stereocenters. The molecule has 4 nitrogen and oxygen atoms in total. The molecule has 0 amide bonds. The van der Waals surface area contributed by atoms with E-state index < -0.39 is 11.8 Å². The second-order valence-corrected chi connectivity index (χ2v) is 5.14. The van der Waals surface area contributed by atoms with Crippen molar-refractivity contribution in [1.82, 2.24) is 0 Å². The molecule has 0 N–H and O–H groups in total. The first-order valence-electron chi connectivity index (χ1n) is 6.98. The molecule has 0 bridgehead atoms. The van der Waals surface area contributed by atoms with E-state index in [4.69, 9.17) is 9.15 Å². The van der Waals surface area contributed by atoms with Crippen molar-refractivity contribution in [3.63, 3.8) is 0 Å². The van der Waals surface area contributed by atoms with Crippen molar-refractivity contribution in [3.8, 4) is 5.75 Å². The van der Waals surface area contributed by atoms with Crippen LogP contribution in [0, 0.1) is 12.7 Å². The highest BCUT2D eigenvalue weighted by Crippen LogP contribution is 2.28. The second kappa shape index (κ2) is 5.68. The average Bonchev–Trinajstić information content (AvgIpc) is 2.87. The summed E-state index contributed by atoms with van der Waals surface area (Å²) in [6.07, 6.45) is 0. The molecule has 3 aromatic rings. The van der Waals surface area contributed by atoms with Crippen LogP contribution >= 0.6 is 0 Å². The van der Waals surface area contributed by atoms with Gasteiger partial charge >= 0.3 is 5.97 Å². The van der Waals surface area contributed by atoms with Gasteiger partial charge < -0.3 is 9.15 Å². The van der Waals surface area contributed by atoms with Gasteiger partial charge in [-0.3, -0.25) is 4.79 Å². The minimum Gasteiger partial charge on any atom is -0.446 e. The molecule has 0 fully saturated rings. The Morgan fingerprint density at radius 2 is 1.78 bits per heavy atom. The van der Waals surface area contributed by atoms with E-state index in [9.17, 15) is 14.0 Å². The molecule has 3 rings (SSSR count). The van der Waals surface area contributed by atoms with Crippen LogP contribution in [-0.4, -0.2) is 11.8 Å². The molecular formula is C18H13FO4. The highest BCUT2D eigenvalue weighted by Gasteiger charge is 2.21. The van der Waals surface area contributed by atoms with Gasteiger partial charge in [-0.15, -0.1) is 0 Å². The molecule has 0 aliphatic heterocycles. The number of ether oxygens (including phenoxy) is 1. The van der Waals surface area contributed by atoms with Crippen LogP contribution in [0.4, 0.5) is 4.39 Å². The van der Waals surface area contributed by atoms with Gasteiger partial charge in [0.1, 0.15) is 5.75 Å². The first-order valence-corrected chi connectivity index (χ1v) is 6.98. The van der Waals surface area contributed by atoms with E-state index >= 15 is 0 Å². The normalized spacial score (nSPS) is 10.7. The predicted octanol–water partition coefficient (Wildman–Crippen LogP) is 4.30. The number of benzene rings is 2. The van der Waals surface area contributed by atoms with Crippen LogP contribution in [0.5, 0.6) is 5.75 Å². The lowest BCUT2D eigenvalue weighted by molar-refractivity contribution is 0.0702. The molecule has 116 valence electrons. The number of carbonyl (C=O) groups excluding carboxylic acids is 2. The van der Waals surface area contributed by atoms with Crippen LogP contribution in [-0.2, 0) is 0 Å². The number of aryl methyl sites for hydroxylation is 1. The number of halogens is 1. The zero-order valence-corrected chi connectivity index (χ0v) is 12.6. The standard InChI is InChI=1S/C18H13FO4/c1-10-14-4-3-5-15(19)17(14)23-16(10)18(21)22-13-8-6-12(7-9-13)11(2)20/h3-9H,1-2H3. The summed E-state index contributed by atoms with van der Waals surface area (Å²) in [4.78, 5) is 23.4. The van der Waals surface area contributed by atoms with Gasteiger partial charge in [-0.1, -0.05) is 12.1 Å². The number of para-hydroxylation sites is 1. The van der Waals surface area contributed by atoms with Crippen molar-refractivity contribution in [2.24, 2.45) is 0 Å². The lowest BCUT2D eigenvalue weighted by Crippen LogP contribution is -2.08. The van der Waals surface area contributed by atoms with Gasteiger partial charge in [0.15, 0.2) is 17.2 Å². The van der Waals surface area contributed by atoms with Crippen LogP contribution in [0.15, 0.2) is 46.9 Å². The predicted molar refractivity (Wildman–Crippen MR) is 82.3 cm³/mol. The van der Waals surface area contributed by atoms with E-state index in [-0.39, 0.29) is 22.9 Å². The Bertz CT molecular complexity index is 907. The number of hydrogen-bond donors (Lipinski definition) is 0. The van der Waals surface area contributed by atoms with Gasteiger partial charge in [0.05, 0.1) is 0 Å². The molecule has 0 spiro atoms. The number of carbonyl (C=O) groups is 2. The largest absolute Gasteiger partial charge is 0.446 e. The lowest BCUT2D eigenvalue weighted by atomic mass is 10.1. The smallest absolute Gasteiger partial charge is 0.379 e. The van der Waals surface area contributed by atoms with E-state index in [1.807, 2.05) is 0 Å². The molecule has 2 aromatic carbocycles. The third-order valence-corrected chi connectivity index (χ3v) is 3.57. The van der Waals surface area contributed by atoms with Crippen LogP contribution in [0.1, 0.15) is 33.4 Å². The molecule has 0 saturated heterocycles. The van der Waals surface area contributed by atoms with Gasteiger partial charge in [0.2, 0.25) is 5.76 Å². The fourth-order valence-electron chi connectivity index (χ4n) is 2.31. The zero-order valence-electron chi connectivity index (χ0n) is 12.6. The molecule has 0 aliphatic carbocycles. The summed E-state index contributed by atoms with van der Waals surface area (Å²) in [7, 11) is 0. The maximum absolute atomic E-state index is 13.7. The number of Topliss-reactive ketones (excluding diaryl/α,β-unsaturated/α-hetero) is 1. The highest BCUT2D eigenvalue weighted by atomic mass is 19.1. The number of hydrogen-bond acceptors (Lipinski definition) is 4. The van der Waals surface area contributed by atoms with E-state index in [1.54, 1.807) is 31.2 Å². The van der Waals surface area contributed by atoms with E-state index in [0.29, 0.717) is 16.5 Å². The average molecular weight is 312 g/mol. The van der Waals surface area contributed by atoms with Crippen molar-refractivity contribution in [1.29, 1.82) is 0 Å². The monoisotopic (exact) mass is 312 g/mol. The number of esters is 1. The number of ketones is 1. The van der Waals surface area contributed by atoms with Gasteiger partial charge in [-0.05, 0) is 44.2 Å². The Kier molecular flexibility index (Phi) is 3.70. The number of rotatable bonds is 3. The molecular weight excluding hydrogens is 299 g/mol. The van der Waals surface area contributed by atoms with Crippen LogP contribution < -0.4 is 4.74 Å². The van der Waals surface area contributed by atoms with Crippen molar-refractivity contribution < 1.29 is 23.1 Å².